The maximum absolute atomic E-state index is 5.99. The van der Waals surface area contributed by atoms with Crippen LogP contribution in [0.1, 0.15) is 25.7 Å². The van der Waals surface area contributed by atoms with Gasteiger partial charge in [-0.2, -0.15) is 0 Å². The topological polar surface area (TPSA) is 9.23 Å². The van der Waals surface area contributed by atoms with Gasteiger partial charge in [-0.05, 0) is 57.5 Å². The zero-order valence-electron chi connectivity index (χ0n) is 10.2. The Morgan fingerprint density at radius 3 is 2.80 bits per heavy atom. The van der Waals surface area contributed by atoms with E-state index in [2.05, 4.69) is 38.4 Å². The second kappa shape index (κ2) is 5.36. The third-order valence-corrected chi connectivity index (χ3v) is 3.10. The minimum absolute atomic E-state index is 1.08. The van der Waals surface area contributed by atoms with Gasteiger partial charge in [-0.3, -0.25) is 0 Å². The van der Waals surface area contributed by atoms with Gasteiger partial charge in [-0.15, -0.1) is 6.58 Å². The Balaban J connectivity index is 2.56. The standard InChI is InChI=1S/C13H22OSi/c1-5-6-8-12-9-7-10-13(11-12)14-15(2,3)4/h5,10-11H,1,6-9H2,2-4H3. The van der Waals surface area contributed by atoms with E-state index < -0.39 is 8.32 Å². The quantitative estimate of drug-likeness (QED) is 0.494. The first-order chi connectivity index (χ1) is 7.01. The van der Waals surface area contributed by atoms with E-state index in [1.54, 1.807) is 0 Å². The van der Waals surface area contributed by atoms with Gasteiger partial charge in [0.1, 0.15) is 0 Å². The molecule has 0 aromatic rings. The highest BCUT2D eigenvalue weighted by molar-refractivity contribution is 6.70. The van der Waals surface area contributed by atoms with Crippen LogP contribution in [-0.2, 0) is 4.43 Å². The smallest absolute Gasteiger partial charge is 0.242 e. The van der Waals surface area contributed by atoms with Gasteiger partial charge in [0.15, 0.2) is 0 Å². The molecule has 1 nitrogen and oxygen atoms in total. The fourth-order valence-corrected chi connectivity index (χ4v) is 2.49. The minimum Gasteiger partial charge on any atom is -0.545 e. The maximum Gasteiger partial charge on any atom is 0.242 e. The first kappa shape index (κ1) is 12.3. The molecule has 0 fully saturated rings. The number of rotatable bonds is 5. The highest BCUT2D eigenvalue weighted by atomic mass is 28.4. The van der Waals surface area contributed by atoms with Crippen LogP contribution in [0, 0.1) is 0 Å². The molecular formula is C13H22OSi. The van der Waals surface area contributed by atoms with Gasteiger partial charge in [0.05, 0.1) is 5.76 Å². The Hall–Kier alpha value is -0.763. The van der Waals surface area contributed by atoms with E-state index in [9.17, 15) is 0 Å². The fourth-order valence-electron chi connectivity index (χ4n) is 1.64. The van der Waals surface area contributed by atoms with Crippen LogP contribution in [0.25, 0.3) is 0 Å². The van der Waals surface area contributed by atoms with E-state index in [0.717, 1.165) is 25.0 Å². The monoisotopic (exact) mass is 222 g/mol. The van der Waals surface area contributed by atoms with Gasteiger partial charge < -0.3 is 4.43 Å². The molecule has 84 valence electrons. The van der Waals surface area contributed by atoms with Crippen LogP contribution >= 0.6 is 0 Å². The summed E-state index contributed by atoms with van der Waals surface area (Å²) in [5, 5.41) is 0. The lowest BCUT2D eigenvalue weighted by Crippen LogP contribution is -2.24. The van der Waals surface area contributed by atoms with Crippen LogP contribution in [0.5, 0.6) is 0 Å². The molecule has 0 radical (unpaired) electrons. The Bertz CT molecular complexity index is 281. The molecule has 0 unspecified atom stereocenters. The van der Waals surface area contributed by atoms with E-state index >= 15 is 0 Å². The van der Waals surface area contributed by atoms with Crippen LogP contribution in [0.2, 0.25) is 19.6 Å². The second-order valence-corrected chi connectivity index (χ2v) is 9.42. The molecule has 0 aliphatic heterocycles. The van der Waals surface area contributed by atoms with Crippen molar-refractivity contribution >= 4 is 8.32 Å². The van der Waals surface area contributed by atoms with E-state index in [1.165, 1.54) is 12.0 Å². The van der Waals surface area contributed by atoms with Crippen molar-refractivity contribution in [3.8, 4) is 0 Å². The van der Waals surface area contributed by atoms with Crippen molar-refractivity contribution in [3.63, 3.8) is 0 Å². The predicted octanol–water partition coefficient (Wildman–Crippen LogP) is 4.41. The maximum atomic E-state index is 5.99. The van der Waals surface area contributed by atoms with E-state index in [0.29, 0.717) is 0 Å². The third kappa shape index (κ3) is 5.03. The molecule has 0 amide bonds. The molecular weight excluding hydrogens is 200 g/mol. The molecule has 15 heavy (non-hydrogen) atoms. The summed E-state index contributed by atoms with van der Waals surface area (Å²) in [5.74, 6) is 1.10. The average molecular weight is 222 g/mol. The summed E-state index contributed by atoms with van der Waals surface area (Å²) >= 11 is 0. The van der Waals surface area contributed by atoms with Gasteiger partial charge in [0.25, 0.3) is 0 Å². The van der Waals surface area contributed by atoms with E-state index in [1.807, 2.05) is 6.08 Å². The molecule has 0 spiro atoms. The van der Waals surface area contributed by atoms with Crippen molar-refractivity contribution < 1.29 is 4.43 Å². The van der Waals surface area contributed by atoms with E-state index in [-0.39, 0.29) is 0 Å². The molecule has 0 aromatic carbocycles. The Morgan fingerprint density at radius 1 is 1.47 bits per heavy atom. The van der Waals surface area contributed by atoms with Crippen molar-refractivity contribution in [1.82, 2.24) is 0 Å². The molecule has 0 aromatic heterocycles. The summed E-state index contributed by atoms with van der Waals surface area (Å²) in [5.41, 5.74) is 1.51. The van der Waals surface area contributed by atoms with Crippen LogP contribution in [0.3, 0.4) is 0 Å². The number of allylic oxidation sites excluding steroid dienone is 4. The Labute approximate surface area is 94.7 Å². The largest absolute Gasteiger partial charge is 0.545 e. The van der Waals surface area contributed by atoms with Crippen LogP contribution < -0.4 is 0 Å². The van der Waals surface area contributed by atoms with Crippen LogP contribution in [-0.4, -0.2) is 8.32 Å². The van der Waals surface area contributed by atoms with Crippen LogP contribution in [0.15, 0.2) is 36.1 Å². The lowest BCUT2D eigenvalue weighted by atomic mass is 10.00. The highest BCUT2D eigenvalue weighted by Crippen LogP contribution is 2.24. The zero-order valence-corrected chi connectivity index (χ0v) is 11.2. The van der Waals surface area contributed by atoms with Crippen LogP contribution in [0.4, 0.5) is 0 Å². The van der Waals surface area contributed by atoms with Crippen molar-refractivity contribution in [2.75, 3.05) is 0 Å². The van der Waals surface area contributed by atoms with Crippen molar-refractivity contribution in [3.05, 3.63) is 36.1 Å². The molecule has 2 heteroatoms. The first-order valence-corrected chi connectivity index (χ1v) is 9.11. The SMILES string of the molecule is C=CCCC1=CC(O[Si](C)(C)C)=CCC1. The lowest BCUT2D eigenvalue weighted by molar-refractivity contribution is 0.434. The Morgan fingerprint density at radius 2 is 2.20 bits per heavy atom. The van der Waals surface area contributed by atoms with Crippen molar-refractivity contribution in [2.24, 2.45) is 0 Å². The summed E-state index contributed by atoms with van der Waals surface area (Å²) in [6, 6.07) is 0. The molecule has 0 bridgehead atoms. The Kier molecular flexibility index (Phi) is 4.39. The van der Waals surface area contributed by atoms with E-state index in [4.69, 9.17) is 4.43 Å². The summed E-state index contributed by atoms with van der Waals surface area (Å²) in [7, 11) is -1.44. The molecule has 1 aliphatic rings. The zero-order chi connectivity index (χ0) is 11.3. The highest BCUT2D eigenvalue weighted by Gasteiger charge is 2.18. The molecule has 0 saturated heterocycles. The summed E-state index contributed by atoms with van der Waals surface area (Å²) in [6.45, 7) is 10.4. The van der Waals surface area contributed by atoms with Gasteiger partial charge in [0.2, 0.25) is 8.32 Å². The molecule has 1 rings (SSSR count). The molecule has 0 atom stereocenters. The number of hydrogen-bond acceptors (Lipinski definition) is 1. The average Bonchev–Trinajstić information content (AvgIpc) is 2.12. The predicted molar refractivity (Wildman–Crippen MR) is 69.3 cm³/mol. The molecule has 0 N–H and O–H groups in total. The minimum atomic E-state index is -1.44. The summed E-state index contributed by atoms with van der Waals surface area (Å²) in [6.07, 6.45) is 11.0. The second-order valence-electron chi connectivity index (χ2n) is 4.99. The van der Waals surface area contributed by atoms with Gasteiger partial charge in [-0.25, -0.2) is 0 Å². The fraction of sp³-hybridized carbons (Fsp3) is 0.538. The molecule has 0 heterocycles. The molecule has 1 aliphatic carbocycles. The van der Waals surface area contributed by atoms with Gasteiger partial charge in [0, 0.05) is 0 Å². The number of hydrogen-bond donors (Lipinski definition) is 0. The molecule has 0 saturated carbocycles. The van der Waals surface area contributed by atoms with Gasteiger partial charge >= 0.3 is 0 Å². The summed E-state index contributed by atoms with van der Waals surface area (Å²) < 4.78 is 5.99. The first-order valence-electron chi connectivity index (χ1n) is 5.71. The van der Waals surface area contributed by atoms with Crippen molar-refractivity contribution in [1.29, 1.82) is 0 Å². The van der Waals surface area contributed by atoms with Gasteiger partial charge in [-0.1, -0.05) is 11.6 Å². The lowest BCUT2D eigenvalue weighted by Gasteiger charge is -2.23. The summed E-state index contributed by atoms with van der Waals surface area (Å²) in [4.78, 5) is 0. The normalized spacial score (nSPS) is 16.7. The van der Waals surface area contributed by atoms with Crippen molar-refractivity contribution in [2.45, 2.75) is 45.3 Å². The third-order valence-electron chi connectivity index (χ3n) is 2.25.